The largest absolute Gasteiger partial charge is 0.490 e. The molecule has 32 heavy (non-hydrogen) atoms. The topological polar surface area (TPSA) is 108 Å². The SMILES string of the molecule is Cc1cnc(N[C@@H]2CCO[C@]3(CCN(C(=O)N4CCCC4)C3)C2)nc1.O=C(O)C(F)(F)F. The first-order valence-corrected chi connectivity index (χ1v) is 10.6. The molecular formula is C20H28F3N5O4. The fourth-order valence-corrected chi connectivity index (χ4v) is 4.20. The van der Waals surface area contributed by atoms with Crippen LogP contribution in [0.4, 0.5) is 23.9 Å². The molecule has 178 valence electrons. The Kier molecular flexibility index (Phi) is 7.42. The van der Waals surface area contributed by atoms with E-state index in [1.54, 1.807) is 0 Å². The fraction of sp³-hybridized carbons (Fsp3) is 0.700. The van der Waals surface area contributed by atoms with Crippen LogP contribution >= 0.6 is 0 Å². The lowest BCUT2D eigenvalue weighted by atomic mass is 9.89. The summed E-state index contributed by atoms with van der Waals surface area (Å²) < 4.78 is 37.9. The van der Waals surface area contributed by atoms with Crippen molar-refractivity contribution in [3.63, 3.8) is 0 Å². The number of carbonyl (C=O) groups excluding carboxylic acids is 1. The summed E-state index contributed by atoms with van der Waals surface area (Å²) in [6.07, 6.45) is 3.59. The van der Waals surface area contributed by atoms with Crippen LogP contribution in [-0.2, 0) is 9.53 Å². The van der Waals surface area contributed by atoms with Crippen molar-refractivity contribution in [2.24, 2.45) is 0 Å². The Morgan fingerprint density at radius 3 is 2.41 bits per heavy atom. The molecule has 4 rings (SSSR count). The van der Waals surface area contributed by atoms with E-state index in [0.29, 0.717) is 18.5 Å². The van der Waals surface area contributed by atoms with Crippen LogP contribution in [0.3, 0.4) is 0 Å². The fourth-order valence-electron chi connectivity index (χ4n) is 4.20. The van der Waals surface area contributed by atoms with Gasteiger partial charge in [-0.15, -0.1) is 0 Å². The van der Waals surface area contributed by atoms with Crippen LogP contribution in [0.25, 0.3) is 0 Å². The Morgan fingerprint density at radius 1 is 1.19 bits per heavy atom. The second kappa shape index (κ2) is 9.88. The average molecular weight is 459 g/mol. The maximum Gasteiger partial charge on any atom is 0.490 e. The number of carbonyl (C=O) groups is 2. The highest BCUT2D eigenvalue weighted by molar-refractivity contribution is 5.75. The number of amides is 2. The summed E-state index contributed by atoms with van der Waals surface area (Å²) in [5.41, 5.74) is 0.844. The number of halogens is 3. The van der Waals surface area contributed by atoms with Crippen molar-refractivity contribution in [1.82, 2.24) is 19.8 Å². The molecule has 3 aliphatic heterocycles. The predicted molar refractivity (Wildman–Crippen MR) is 108 cm³/mol. The molecule has 2 amide bonds. The van der Waals surface area contributed by atoms with Crippen molar-refractivity contribution in [2.75, 3.05) is 38.1 Å². The van der Waals surface area contributed by atoms with E-state index in [0.717, 1.165) is 63.9 Å². The number of urea groups is 1. The standard InChI is InChI=1S/C18H27N5O2.C2HF3O2/c1-14-11-19-16(20-12-14)21-15-4-9-25-18(10-15)5-8-23(13-18)17(24)22-6-2-3-7-22;3-2(4,5)1(6)7/h11-12,15H,2-10,13H2,1H3,(H,19,20,21);(H,6,7)/t15-,18-;/m1./s1. The summed E-state index contributed by atoms with van der Waals surface area (Å²) >= 11 is 0. The Labute approximate surface area is 183 Å². The lowest BCUT2D eigenvalue weighted by Crippen LogP contribution is -2.48. The van der Waals surface area contributed by atoms with Gasteiger partial charge in [0.1, 0.15) is 0 Å². The maximum atomic E-state index is 12.6. The zero-order valence-corrected chi connectivity index (χ0v) is 17.9. The molecule has 3 saturated heterocycles. The summed E-state index contributed by atoms with van der Waals surface area (Å²) in [4.78, 5) is 34.2. The van der Waals surface area contributed by atoms with Gasteiger partial charge < -0.3 is 25.0 Å². The Bertz CT molecular complexity index is 801. The molecule has 1 aromatic heterocycles. The number of alkyl halides is 3. The quantitative estimate of drug-likeness (QED) is 0.700. The van der Waals surface area contributed by atoms with Crippen molar-refractivity contribution in [2.45, 2.75) is 56.8 Å². The third-order valence-electron chi connectivity index (χ3n) is 5.81. The van der Waals surface area contributed by atoms with Gasteiger partial charge in [0, 0.05) is 44.7 Å². The minimum atomic E-state index is -5.08. The van der Waals surface area contributed by atoms with Crippen LogP contribution in [-0.4, -0.2) is 87.5 Å². The number of aliphatic carboxylic acids is 1. The first-order chi connectivity index (χ1) is 15.1. The van der Waals surface area contributed by atoms with E-state index in [4.69, 9.17) is 14.6 Å². The first-order valence-electron chi connectivity index (χ1n) is 10.6. The monoisotopic (exact) mass is 459 g/mol. The molecule has 1 aromatic rings. The third kappa shape index (κ3) is 6.21. The van der Waals surface area contributed by atoms with E-state index >= 15 is 0 Å². The number of nitrogens with zero attached hydrogens (tertiary/aromatic N) is 4. The first kappa shape index (κ1) is 24.0. The number of likely N-dealkylation sites (tertiary alicyclic amines) is 2. The summed E-state index contributed by atoms with van der Waals surface area (Å²) in [6.45, 7) is 6.00. The number of anilines is 1. The Balaban J connectivity index is 0.000000360. The molecule has 12 heteroatoms. The van der Waals surface area contributed by atoms with Gasteiger partial charge >= 0.3 is 18.2 Å². The normalized spacial score (nSPS) is 25.4. The second-order valence-corrected chi connectivity index (χ2v) is 8.40. The van der Waals surface area contributed by atoms with Gasteiger partial charge in [-0.1, -0.05) is 0 Å². The average Bonchev–Trinajstić information content (AvgIpc) is 3.40. The number of hydrogen-bond donors (Lipinski definition) is 2. The molecule has 2 N–H and O–H groups in total. The van der Waals surface area contributed by atoms with Crippen molar-refractivity contribution in [3.8, 4) is 0 Å². The van der Waals surface area contributed by atoms with Crippen LogP contribution in [0.1, 0.15) is 37.7 Å². The van der Waals surface area contributed by atoms with E-state index in [1.807, 2.05) is 29.1 Å². The van der Waals surface area contributed by atoms with Gasteiger partial charge in [-0.3, -0.25) is 0 Å². The number of aryl methyl sites for hydroxylation is 1. The van der Waals surface area contributed by atoms with Gasteiger partial charge in [-0.05, 0) is 44.6 Å². The summed E-state index contributed by atoms with van der Waals surface area (Å²) in [6, 6.07) is 0.480. The Morgan fingerprint density at radius 2 is 1.81 bits per heavy atom. The summed E-state index contributed by atoms with van der Waals surface area (Å²) in [5, 5.41) is 10.6. The maximum absolute atomic E-state index is 12.6. The number of carboxylic acid groups (broad SMARTS) is 1. The molecule has 3 fully saturated rings. The summed E-state index contributed by atoms with van der Waals surface area (Å²) in [5.74, 6) is -2.08. The molecule has 1 spiro atoms. The van der Waals surface area contributed by atoms with E-state index < -0.39 is 12.1 Å². The molecule has 4 heterocycles. The zero-order valence-electron chi connectivity index (χ0n) is 17.9. The molecule has 0 bridgehead atoms. The van der Waals surface area contributed by atoms with E-state index in [2.05, 4.69) is 15.3 Å². The van der Waals surface area contributed by atoms with Crippen LogP contribution in [0.2, 0.25) is 0 Å². The molecule has 0 aliphatic carbocycles. The smallest absolute Gasteiger partial charge is 0.475 e. The minimum Gasteiger partial charge on any atom is -0.475 e. The second-order valence-electron chi connectivity index (χ2n) is 8.40. The lowest BCUT2D eigenvalue weighted by molar-refractivity contribution is -0.192. The highest BCUT2D eigenvalue weighted by Crippen LogP contribution is 2.35. The third-order valence-corrected chi connectivity index (χ3v) is 5.81. The van der Waals surface area contributed by atoms with Gasteiger partial charge in [0.15, 0.2) is 0 Å². The van der Waals surface area contributed by atoms with Gasteiger partial charge in [0.05, 0.1) is 12.1 Å². The van der Waals surface area contributed by atoms with E-state index in [-0.39, 0.29) is 11.6 Å². The van der Waals surface area contributed by atoms with E-state index in [9.17, 15) is 18.0 Å². The number of carboxylic acids is 1. The van der Waals surface area contributed by atoms with Crippen molar-refractivity contribution < 1.29 is 32.6 Å². The van der Waals surface area contributed by atoms with Crippen LogP contribution in [0.5, 0.6) is 0 Å². The molecule has 0 radical (unpaired) electrons. The summed E-state index contributed by atoms with van der Waals surface area (Å²) in [7, 11) is 0. The predicted octanol–water partition coefficient (Wildman–Crippen LogP) is 2.67. The number of ether oxygens (including phenoxy) is 1. The zero-order chi connectivity index (χ0) is 23.4. The number of rotatable bonds is 2. The highest BCUT2D eigenvalue weighted by Gasteiger charge is 2.45. The molecule has 0 aromatic carbocycles. The van der Waals surface area contributed by atoms with Crippen LogP contribution in [0.15, 0.2) is 12.4 Å². The van der Waals surface area contributed by atoms with Crippen molar-refractivity contribution in [1.29, 1.82) is 0 Å². The van der Waals surface area contributed by atoms with Crippen molar-refractivity contribution in [3.05, 3.63) is 18.0 Å². The molecular weight excluding hydrogens is 431 g/mol. The van der Waals surface area contributed by atoms with Crippen LogP contribution in [0, 0.1) is 6.92 Å². The molecule has 0 saturated carbocycles. The molecule has 2 atom stereocenters. The van der Waals surface area contributed by atoms with Crippen LogP contribution < -0.4 is 5.32 Å². The molecule has 0 unspecified atom stereocenters. The lowest BCUT2D eigenvalue weighted by Gasteiger charge is -2.38. The number of hydrogen-bond acceptors (Lipinski definition) is 6. The van der Waals surface area contributed by atoms with Gasteiger partial charge in [0.2, 0.25) is 5.95 Å². The molecule has 9 nitrogen and oxygen atoms in total. The highest BCUT2D eigenvalue weighted by atomic mass is 19.4. The minimum absolute atomic E-state index is 0.190. The van der Waals surface area contributed by atoms with E-state index in [1.165, 1.54) is 0 Å². The molecule has 3 aliphatic rings. The van der Waals surface area contributed by atoms with Gasteiger partial charge in [-0.25, -0.2) is 19.6 Å². The van der Waals surface area contributed by atoms with Crippen molar-refractivity contribution >= 4 is 17.9 Å². The van der Waals surface area contributed by atoms with Gasteiger partial charge in [-0.2, -0.15) is 13.2 Å². The number of aromatic nitrogens is 2. The number of nitrogens with one attached hydrogen (secondary N) is 1. The van der Waals surface area contributed by atoms with Gasteiger partial charge in [0.25, 0.3) is 0 Å². The Hall–Kier alpha value is -2.63.